The first-order valence-corrected chi connectivity index (χ1v) is 12.2. The third-order valence-corrected chi connectivity index (χ3v) is 6.30. The molecule has 0 saturated carbocycles. The zero-order chi connectivity index (χ0) is 25.2. The number of benzene rings is 2. The monoisotopic (exact) mass is 470 g/mol. The van der Waals surface area contributed by atoms with Crippen LogP contribution in [0.15, 0.2) is 48.5 Å². The Bertz CT molecular complexity index is 841. The van der Waals surface area contributed by atoms with Crippen molar-refractivity contribution >= 4 is 11.8 Å². The molecule has 0 aromatic heterocycles. The van der Waals surface area contributed by atoms with E-state index in [1.165, 1.54) is 0 Å². The van der Waals surface area contributed by atoms with Crippen LogP contribution in [0.4, 0.5) is 0 Å². The van der Waals surface area contributed by atoms with Crippen LogP contribution in [0.25, 0.3) is 11.1 Å². The fraction of sp³-hybridized carbons (Fsp3) is 0.500. The quantitative estimate of drug-likeness (QED) is 0.331. The van der Waals surface area contributed by atoms with Crippen molar-refractivity contribution in [2.24, 2.45) is 0 Å². The Morgan fingerprint density at radius 2 is 0.941 bits per heavy atom. The molecule has 2 aromatic rings. The number of hydrogen-bond acceptors (Lipinski definition) is 4. The molecular formula is C28H42N2O4+2. The molecule has 2 amide bonds. The zero-order valence-corrected chi connectivity index (χ0v) is 21.8. The molecule has 0 aliphatic heterocycles. The molecule has 0 aliphatic carbocycles. The van der Waals surface area contributed by atoms with Gasteiger partial charge in [-0.25, -0.2) is 9.59 Å². The van der Waals surface area contributed by atoms with Crippen LogP contribution in [0.3, 0.4) is 0 Å². The second-order valence-corrected chi connectivity index (χ2v) is 9.75. The van der Waals surface area contributed by atoms with E-state index in [2.05, 4.69) is 24.3 Å². The van der Waals surface area contributed by atoms with Crippen molar-refractivity contribution in [1.29, 1.82) is 0 Å². The van der Waals surface area contributed by atoms with Gasteiger partial charge in [0.1, 0.15) is 13.1 Å². The number of rotatable bonds is 13. The lowest BCUT2D eigenvalue weighted by Crippen LogP contribution is -2.48. The van der Waals surface area contributed by atoms with Crippen molar-refractivity contribution in [3.05, 3.63) is 59.7 Å². The summed E-state index contributed by atoms with van der Waals surface area (Å²) in [5.41, 5.74) is 4.19. The maximum Gasteiger partial charge on any atom is 0.317 e. The number of nitrogens with zero attached hydrogens (tertiary/aromatic N) is 2. The molecule has 0 fully saturated rings. The predicted octanol–water partition coefficient (Wildman–Crippen LogP) is 3.72. The molecule has 0 atom stereocenters. The minimum absolute atomic E-state index is 0.170. The van der Waals surface area contributed by atoms with Crippen molar-refractivity contribution in [2.75, 3.05) is 67.7 Å². The van der Waals surface area contributed by atoms with E-state index in [9.17, 15) is 9.59 Å². The van der Waals surface area contributed by atoms with Gasteiger partial charge in [-0.15, -0.1) is 0 Å². The number of carbonyl (C=O) groups is 2. The first-order valence-electron chi connectivity index (χ1n) is 12.2. The molecule has 6 heteroatoms. The van der Waals surface area contributed by atoms with E-state index in [4.69, 9.17) is 9.47 Å². The van der Waals surface area contributed by atoms with Crippen molar-refractivity contribution < 1.29 is 28.0 Å². The number of quaternary nitrogens is 2. The van der Waals surface area contributed by atoms with Crippen LogP contribution in [0, 0.1) is 0 Å². The number of carbonyl (C=O) groups excluding carboxylic acids is 2. The molecule has 0 spiro atoms. The second-order valence-electron chi connectivity index (χ2n) is 9.75. The lowest BCUT2D eigenvalue weighted by Gasteiger charge is -2.26. The summed E-state index contributed by atoms with van der Waals surface area (Å²) in [5, 5.41) is 0. The summed E-state index contributed by atoms with van der Waals surface area (Å²) in [6, 6.07) is 16.3. The van der Waals surface area contributed by atoms with Gasteiger partial charge in [-0.2, -0.15) is 0 Å². The van der Waals surface area contributed by atoms with Crippen molar-refractivity contribution in [3.8, 4) is 11.1 Å². The van der Waals surface area contributed by atoms with E-state index in [1.807, 2.05) is 66.3 Å². The van der Waals surface area contributed by atoms with Gasteiger partial charge < -0.3 is 9.47 Å². The average molecular weight is 471 g/mol. The van der Waals surface area contributed by atoms with Crippen LogP contribution in [0.5, 0.6) is 0 Å². The van der Waals surface area contributed by atoms with Crippen LogP contribution in [-0.4, -0.2) is 88.5 Å². The molecule has 34 heavy (non-hydrogen) atoms. The Balaban J connectivity index is 1.96. The molecule has 2 aromatic carbocycles. The number of likely N-dealkylation sites (N-methyl/N-ethyl adjacent to an activating group) is 2. The van der Waals surface area contributed by atoms with Crippen LogP contribution in [0.1, 0.15) is 25.0 Å². The summed E-state index contributed by atoms with van der Waals surface area (Å²) in [6.45, 7) is 7.75. The largest absolute Gasteiger partial charge is 0.376 e. The third-order valence-electron chi connectivity index (χ3n) is 6.30. The van der Waals surface area contributed by atoms with E-state index in [0.717, 1.165) is 22.3 Å². The summed E-state index contributed by atoms with van der Waals surface area (Å²) >= 11 is 0. The highest BCUT2D eigenvalue weighted by Crippen LogP contribution is 2.22. The fourth-order valence-corrected chi connectivity index (χ4v) is 3.53. The highest BCUT2D eigenvalue weighted by Gasteiger charge is 2.27. The van der Waals surface area contributed by atoms with E-state index in [0.29, 0.717) is 61.3 Å². The Labute approximate surface area is 205 Å². The topological polar surface area (TPSA) is 52.6 Å². The van der Waals surface area contributed by atoms with Gasteiger partial charge in [0.15, 0.2) is 0 Å². The summed E-state index contributed by atoms with van der Waals surface area (Å²) in [7, 11) is 7.73. The summed E-state index contributed by atoms with van der Waals surface area (Å²) < 4.78 is 11.4. The normalized spacial score (nSPS) is 12.1. The molecule has 0 unspecified atom stereocenters. The Kier molecular flexibility index (Phi) is 10.6. The van der Waals surface area contributed by atoms with E-state index in [-0.39, 0.29) is 11.8 Å². The van der Waals surface area contributed by atoms with Gasteiger partial charge >= 0.3 is 11.8 Å². The van der Waals surface area contributed by atoms with Gasteiger partial charge in [-0.3, -0.25) is 8.97 Å². The van der Waals surface area contributed by atoms with E-state index in [1.54, 1.807) is 0 Å². The van der Waals surface area contributed by atoms with Gasteiger partial charge in [-0.05, 0) is 36.1 Å². The molecule has 0 bridgehead atoms. The maximum atomic E-state index is 12.7. The van der Waals surface area contributed by atoms with Gasteiger partial charge in [0.25, 0.3) is 0 Å². The molecular weight excluding hydrogens is 428 g/mol. The highest BCUT2D eigenvalue weighted by atomic mass is 16.5. The molecule has 2 rings (SSSR count). The lowest BCUT2D eigenvalue weighted by molar-refractivity contribution is -0.814. The fourth-order valence-electron chi connectivity index (χ4n) is 3.53. The Morgan fingerprint density at radius 3 is 1.24 bits per heavy atom. The van der Waals surface area contributed by atoms with E-state index >= 15 is 0 Å². The van der Waals surface area contributed by atoms with Crippen molar-refractivity contribution in [2.45, 2.75) is 26.7 Å². The number of ether oxygens (including phenoxy) is 2. The number of amides is 2. The molecule has 0 N–H and O–H groups in total. The summed E-state index contributed by atoms with van der Waals surface area (Å²) in [6.07, 6.45) is 0.801. The average Bonchev–Trinajstić information content (AvgIpc) is 2.80. The molecule has 0 aliphatic rings. The van der Waals surface area contributed by atoms with Crippen LogP contribution in [-0.2, 0) is 31.9 Å². The van der Waals surface area contributed by atoms with Crippen LogP contribution >= 0.6 is 0 Å². The predicted molar refractivity (Wildman–Crippen MR) is 136 cm³/mol. The zero-order valence-electron chi connectivity index (χ0n) is 21.8. The Morgan fingerprint density at radius 1 is 0.618 bits per heavy atom. The molecule has 0 radical (unpaired) electrons. The van der Waals surface area contributed by atoms with Crippen LogP contribution in [0.2, 0.25) is 0 Å². The molecule has 186 valence electrons. The van der Waals surface area contributed by atoms with Gasteiger partial charge in [0.05, 0.1) is 54.2 Å². The number of hydrogen-bond donors (Lipinski definition) is 0. The maximum absolute atomic E-state index is 12.7. The van der Waals surface area contributed by atoms with Crippen molar-refractivity contribution in [3.63, 3.8) is 0 Å². The van der Waals surface area contributed by atoms with Crippen molar-refractivity contribution in [1.82, 2.24) is 0 Å². The lowest BCUT2D eigenvalue weighted by atomic mass is 10.0. The minimum atomic E-state index is 0.170. The van der Waals surface area contributed by atoms with Gasteiger partial charge in [0.2, 0.25) is 0 Å². The van der Waals surface area contributed by atoms with Gasteiger partial charge in [-0.1, -0.05) is 48.5 Å². The summed E-state index contributed by atoms with van der Waals surface area (Å²) in [4.78, 5) is 25.5. The minimum Gasteiger partial charge on any atom is -0.376 e. The Hall–Kier alpha value is -2.38. The second kappa shape index (κ2) is 12.9. The molecule has 0 heterocycles. The third kappa shape index (κ3) is 8.44. The first kappa shape index (κ1) is 27.9. The van der Waals surface area contributed by atoms with Gasteiger partial charge in [0, 0.05) is 13.2 Å². The summed E-state index contributed by atoms with van der Waals surface area (Å²) in [5.74, 6) is 0.341. The van der Waals surface area contributed by atoms with Crippen LogP contribution < -0.4 is 0 Å². The molecule has 0 saturated heterocycles. The SMILES string of the molecule is CCOCC[N+](C)(C)C(=O)Cc1ccc(-c2ccc(CC(=O)[N+](C)(C)CCOCC)cc2)cc1. The first-order chi connectivity index (χ1) is 16.1. The standard InChI is InChI=1S/C28H42N2O4/c1-7-33-19-17-29(3,4)27(31)21-23-9-13-25(14-10-23)26-15-11-24(12-16-26)22-28(32)30(5,6)18-20-34-8-2/h9-16H,7-8,17-22H2,1-6H3/q+2. The molecule has 6 nitrogen and oxygen atoms in total. The van der Waals surface area contributed by atoms with E-state index < -0.39 is 0 Å². The highest BCUT2D eigenvalue weighted by molar-refractivity contribution is 5.74. The smallest absolute Gasteiger partial charge is 0.317 e.